The molecule has 0 spiro atoms. The highest BCUT2D eigenvalue weighted by Crippen LogP contribution is 2.25. The Labute approximate surface area is 140 Å². The van der Waals surface area contributed by atoms with E-state index in [9.17, 15) is 13.2 Å². The summed E-state index contributed by atoms with van der Waals surface area (Å²) in [5, 5.41) is 1.71. The topological polar surface area (TPSA) is 57.7 Å². The van der Waals surface area contributed by atoms with E-state index in [1.807, 2.05) is 14.1 Å². The first-order valence-corrected chi connectivity index (χ1v) is 9.16. The summed E-state index contributed by atoms with van der Waals surface area (Å²) in [6, 6.07) is 9.83. The molecule has 0 atom stereocenters. The van der Waals surface area contributed by atoms with E-state index in [1.165, 1.54) is 17.4 Å². The summed E-state index contributed by atoms with van der Waals surface area (Å²) < 4.78 is 26.5. The molecule has 1 aromatic heterocycles. The molecular weight excluding hydrogens is 332 g/mol. The molecule has 0 aliphatic carbocycles. The lowest BCUT2D eigenvalue weighted by Crippen LogP contribution is -2.25. The van der Waals surface area contributed by atoms with Crippen molar-refractivity contribution in [2.24, 2.45) is 0 Å². The van der Waals surface area contributed by atoms with Gasteiger partial charge < -0.3 is 4.90 Å². The first-order valence-electron chi connectivity index (χ1n) is 6.84. The molecule has 122 valence electrons. The van der Waals surface area contributed by atoms with Crippen molar-refractivity contribution in [2.75, 3.05) is 25.4 Å². The van der Waals surface area contributed by atoms with Crippen LogP contribution in [-0.4, -0.2) is 40.2 Å². The number of benzene rings is 1. The second kappa shape index (κ2) is 6.97. The molecule has 0 aliphatic rings. The first kappa shape index (κ1) is 17.2. The molecule has 1 heterocycles. The Hall–Kier alpha value is -2.12. The predicted molar refractivity (Wildman–Crippen MR) is 93.5 cm³/mol. The fourth-order valence-corrected chi connectivity index (χ4v) is 4.20. The zero-order valence-corrected chi connectivity index (χ0v) is 14.8. The van der Waals surface area contributed by atoms with E-state index >= 15 is 0 Å². The van der Waals surface area contributed by atoms with Crippen LogP contribution in [0.5, 0.6) is 0 Å². The molecule has 0 aliphatic heterocycles. The number of hydrogen-bond acceptors (Lipinski definition) is 5. The number of allylic oxidation sites excluding steroid dienone is 1. The number of nitrogens with zero attached hydrogens (tertiary/aromatic N) is 2. The fraction of sp³-hybridized carbons (Fsp3) is 0.188. The minimum absolute atomic E-state index is 0.178. The van der Waals surface area contributed by atoms with Crippen molar-refractivity contribution < 1.29 is 13.2 Å². The summed E-state index contributed by atoms with van der Waals surface area (Å²) in [6.45, 7) is 0. The van der Waals surface area contributed by atoms with Gasteiger partial charge >= 0.3 is 0 Å². The Morgan fingerprint density at radius 1 is 1.13 bits per heavy atom. The van der Waals surface area contributed by atoms with Gasteiger partial charge in [0.05, 0.1) is 5.69 Å². The van der Waals surface area contributed by atoms with Crippen LogP contribution in [0.2, 0.25) is 0 Å². The summed E-state index contributed by atoms with van der Waals surface area (Å²) in [4.78, 5) is 13.9. The molecule has 0 fully saturated rings. The molecular formula is C16H18N2O3S2. The quantitative estimate of drug-likeness (QED) is 0.594. The van der Waals surface area contributed by atoms with Gasteiger partial charge in [0.25, 0.3) is 10.0 Å². The second-order valence-corrected chi connectivity index (χ2v) is 8.24. The Bertz CT molecular complexity index is 810. The molecule has 0 saturated heterocycles. The van der Waals surface area contributed by atoms with Crippen LogP contribution in [-0.2, 0) is 10.0 Å². The minimum Gasteiger partial charge on any atom is -0.383 e. The third kappa shape index (κ3) is 4.00. The summed E-state index contributed by atoms with van der Waals surface area (Å²) in [6.07, 6.45) is 3.11. The van der Waals surface area contributed by atoms with Crippen molar-refractivity contribution in [1.82, 2.24) is 4.90 Å². The van der Waals surface area contributed by atoms with Crippen LogP contribution in [0.1, 0.15) is 10.4 Å². The largest absolute Gasteiger partial charge is 0.383 e. The molecule has 0 bridgehead atoms. The maximum Gasteiger partial charge on any atom is 0.273 e. The number of anilines is 1. The summed E-state index contributed by atoms with van der Waals surface area (Å²) >= 11 is 1.16. The van der Waals surface area contributed by atoms with Gasteiger partial charge in [-0.25, -0.2) is 8.42 Å². The Morgan fingerprint density at radius 3 is 2.48 bits per heavy atom. The van der Waals surface area contributed by atoms with Crippen molar-refractivity contribution in [1.29, 1.82) is 0 Å². The van der Waals surface area contributed by atoms with Crippen LogP contribution in [0.15, 0.2) is 58.3 Å². The Kier molecular flexibility index (Phi) is 5.23. The van der Waals surface area contributed by atoms with Gasteiger partial charge in [-0.1, -0.05) is 18.2 Å². The molecule has 0 amide bonds. The molecule has 5 nitrogen and oxygen atoms in total. The first-order chi connectivity index (χ1) is 10.8. The summed E-state index contributed by atoms with van der Waals surface area (Å²) in [5.74, 6) is -0.178. The lowest BCUT2D eigenvalue weighted by molar-refractivity contribution is 0.104. The zero-order chi connectivity index (χ0) is 17.0. The average molecular weight is 350 g/mol. The SMILES string of the molecule is CN(C)/C=C/C(=O)c1cccc(N(C)S(=O)(=O)c2cccs2)c1. The monoisotopic (exact) mass is 350 g/mol. The highest BCUT2D eigenvalue weighted by molar-refractivity contribution is 7.94. The van der Waals surface area contributed by atoms with Crippen molar-refractivity contribution in [3.8, 4) is 0 Å². The van der Waals surface area contributed by atoms with Crippen LogP contribution in [0.4, 0.5) is 5.69 Å². The van der Waals surface area contributed by atoms with Gasteiger partial charge in [-0.3, -0.25) is 9.10 Å². The lowest BCUT2D eigenvalue weighted by Gasteiger charge is -2.18. The van der Waals surface area contributed by atoms with E-state index in [4.69, 9.17) is 0 Å². The number of carbonyl (C=O) groups excluding carboxylic acids is 1. The maximum absolute atomic E-state index is 12.5. The highest BCUT2D eigenvalue weighted by Gasteiger charge is 2.22. The van der Waals surface area contributed by atoms with Crippen LogP contribution in [0.25, 0.3) is 0 Å². The summed E-state index contributed by atoms with van der Waals surface area (Å²) in [7, 11) is 1.52. The molecule has 0 radical (unpaired) electrons. The molecule has 2 rings (SSSR count). The van der Waals surface area contributed by atoms with Gasteiger partial charge in [0.1, 0.15) is 4.21 Å². The number of rotatable bonds is 6. The number of sulfonamides is 1. The van der Waals surface area contributed by atoms with Gasteiger partial charge in [-0.15, -0.1) is 11.3 Å². The van der Waals surface area contributed by atoms with E-state index in [0.29, 0.717) is 11.3 Å². The highest BCUT2D eigenvalue weighted by atomic mass is 32.2. The molecule has 0 saturated carbocycles. The fourth-order valence-electron chi connectivity index (χ4n) is 1.85. The number of carbonyl (C=O) groups is 1. The van der Waals surface area contributed by atoms with E-state index in [0.717, 1.165) is 11.3 Å². The molecule has 1 aromatic carbocycles. The molecule has 0 N–H and O–H groups in total. The smallest absolute Gasteiger partial charge is 0.273 e. The minimum atomic E-state index is -3.60. The average Bonchev–Trinajstić information content (AvgIpc) is 3.07. The van der Waals surface area contributed by atoms with Gasteiger partial charge in [-0.2, -0.15) is 0 Å². The van der Waals surface area contributed by atoms with Gasteiger partial charge in [0.15, 0.2) is 5.78 Å². The normalized spacial score (nSPS) is 11.6. The second-order valence-electron chi connectivity index (χ2n) is 5.10. The summed E-state index contributed by atoms with van der Waals surface area (Å²) in [5.41, 5.74) is 0.885. The third-order valence-electron chi connectivity index (χ3n) is 3.13. The number of hydrogen-bond donors (Lipinski definition) is 0. The van der Waals surface area contributed by atoms with Crippen molar-refractivity contribution in [3.05, 3.63) is 59.6 Å². The van der Waals surface area contributed by atoms with Gasteiger partial charge in [0, 0.05) is 39.0 Å². The lowest BCUT2D eigenvalue weighted by atomic mass is 10.1. The predicted octanol–water partition coefficient (Wildman–Crippen LogP) is 2.83. The molecule has 2 aromatic rings. The standard InChI is InChI=1S/C16H18N2O3S2/c1-17(2)10-9-15(19)13-6-4-7-14(12-13)18(3)23(20,21)16-8-5-11-22-16/h4-12H,1-3H3/b10-9+. The molecule has 0 unspecified atom stereocenters. The van der Waals surface area contributed by atoms with Gasteiger partial charge in [0.2, 0.25) is 0 Å². The van der Waals surface area contributed by atoms with E-state index in [2.05, 4.69) is 0 Å². The molecule has 23 heavy (non-hydrogen) atoms. The van der Waals surface area contributed by atoms with E-state index in [-0.39, 0.29) is 9.99 Å². The van der Waals surface area contributed by atoms with Gasteiger partial charge in [-0.05, 0) is 23.6 Å². The van der Waals surface area contributed by atoms with Crippen LogP contribution in [0.3, 0.4) is 0 Å². The number of thiophene rings is 1. The third-order valence-corrected chi connectivity index (χ3v) is 6.29. The van der Waals surface area contributed by atoms with Crippen molar-refractivity contribution in [3.63, 3.8) is 0 Å². The van der Waals surface area contributed by atoms with Crippen LogP contribution >= 0.6 is 11.3 Å². The van der Waals surface area contributed by atoms with E-state index < -0.39 is 10.0 Å². The maximum atomic E-state index is 12.5. The number of ketones is 1. The Balaban J connectivity index is 2.31. The van der Waals surface area contributed by atoms with Crippen molar-refractivity contribution >= 4 is 32.8 Å². The van der Waals surface area contributed by atoms with E-state index in [1.54, 1.807) is 52.9 Å². The van der Waals surface area contributed by atoms with Crippen LogP contribution in [0, 0.1) is 0 Å². The Morgan fingerprint density at radius 2 is 1.87 bits per heavy atom. The van der Waals surface area contributed by atoms with Crippen LogP contribution < -0.4 is 4.31 Å². The molecule has 7 heteroatoms. The van der Waals surface area contributed by atoms with Crippen molar-refractivity contribution in [2.45, 2.75) is 4.21 Å². The zero-order valence-electron chi connectivity index (χ0n) is 13.1.